The summed E-state index contributed by atoms with van der Waals surface area (Å²) in [4.78, 5) is 16.9. The van der Waals surface area contributed by atoms with E-state index in [1.54, 1.807) is 23.7 Å². The van der Waals surface area contributed by atoms with Gasteiger partial charge in [0.2, 0.25) is 0 Å². The van der Waals surface area contributed by atoms with Crippen LogP contribution in [0.25, 0.3) is 16.3 Å². The first-order valence-electron chi connectivity index (χ1n) is 9.76. The third-order valence-electron chi connectivity index (χ3n) is 5.34. The number of aryl methyl sites for hydroxylation is 1. The molecule has 1 atom stereocenters. The summed E-state index contributed by atoms with van der Waals surface area (Å²) in [6.45, 7) is 4.89. The second-order valence-electron chi connectivity index (χ2n) is 7.51. The molecular weight excluding hydrogens is 387 g/mol. The Morgan fingerprint density at radius 1 is 1.24 bits per heavy atom. The van der Waals surface area contributed by atoms with Gasteiger partial charge in [-0.05, 0) is 44.5 Å². The number of rotatable bonds is 4. The molecule has 1 aromatic carbocycles. The maximum Gasteiger partial charge on any atom is 0.252 e. The van der Waals surface area contributed by atoms with Crippen molar-refractivity contribution in [2.45, 2.75) is 32.2 Å². The first-order valence-corrected chi connectivity index (χ1v) is 10.6. The van der Waals surface area contributed by atoms with Crippen LogP contribution in [-0.4, -0.2) is 42.6 Å². The minimum absolute atomic E-state index is 0.231. The number of likely N-dealkylation sites (tertiary alicyclic amines) is 1. The lowest BCUT2D eigenvalue weighted by Crippen LogP contribution is -2.34. The molecule has 8 heteroatoms. The van der Waals surface area contributed by atoms with Gasteiger partial charge < -0.3 is 0 Å². The first kappa shape index (κ1) is 18.3. The van der Waals surface area contributed by atoms with Crippen LogP contribution in [0.5, 0.6) is 0 Å². The summed E-state index contributed by atoms with van der Waals surface area (Å²) in [6, 6.07) is 8.75. The molecule has 0 saturated carbocycles. The van der Waals surface area contributed by atoms with Crippen LogP contribution in [0.1, 0.15) is 35.0 Å². The molecule has 0 amide bonds. The van der Waals surface area contributed by atoms with Gasteiger partial charge >= 0.3 is 0 Å². The zero-order valence-electron chi connectivity index (χ0n) is 16.1. The molecule has 1 aliphatic rings. The quantitative estimate of drug-likeness (QED) is 0.509. The summed E-state index contributed by atoms with van der Waals surface area (Å²) >= 11 is 1.63. The highest BCUT2D eigenvalue weighted by atomic mass is 32.1. The molecule has 1 fully saturated rings. The Morgan fingerprint density at radius 2 is 2.17 bits per heavy atom. The van der Waals surface area contributed by atoms with E-state index in [9.17, 15) is 4.39 Å². The predicted octanol–water partition coefficient (Wildman–Crippen LogP) is 4.07. The number of hydrogen-bond acceptors (Lipinski definition) is 6. The lowest BCUT2D eigenvalue weighted by Gasteiger charge is -2.32. The third kappa shape index (κ3) is 3.77. The van der Waals surface area contributed by atoms with E-state index in [4.69, 9.17) is 0 Å². The van der Waals surface area contributed by atoms with E-state index in [-0.39, 0.29) is 5.82 Å². The van der Waals surface area contributed by atoms with Crippen LogP contribution in [0.4, 0.5) is 4.39 Å². The van der Waals surface area contributed by atoms with Gasteiger partial charge in [0.05, 0.1) is 5.69 Å². The Morgan fingerprint density at radius 3 is 3.07 bits per heavy atom. The van der Waals surface area contributed by atoms with Gasteiger partial charge in [0, 0.05) is 41.3 Å². The summed E-state index contributed by atoms with van der Waals surface area (Å²) < 4.78 is 15.4. The van der Waals surface area contributed by atoms with Crippen molar-refractivity contribution in [1.29, 1.82) is 0 Å². The summed E-state index contributed by atoms with van der Waals surface area (Å²) in [5.41, 5.74) is 2.98. The second kappa shape index (κ2) is 7.61. The number of thiazole rings is 1. The fraction of sp³-hybridized carbons (Fsp3) is 0.333. The molecule has 0 radical (unpaired) electrons. The van der Waals surface area contributed by atoms with Crippen LogP contribution in [0.2, 0.25) is 0 Å². The molecule has 0 bridgehead atoms. The Labute approximate surface area is 172 Å². The molecular formula is C21H21FN6S. The zero-order chi connectivity index (χ0) is 19.8. The molecule has 1 aliphatic heterocycles. The summed E-state index contributed by atoms with van der Waals surface area (Å²) in [6.07, 6.45) is 5.75. The van der Waals surface area contributed by atoms with Gasteiger partial charge in [-0.15, -0.1) is 11.3 Å². The largest absolute Gasteiger partial charge is 0.298 e. The van der Waals surface area contributed by atoms with Crippen LogP contribution in [0, 0.1) is 12.7 Å². The monoisotopic (exact) mass is 408 g/mol. The maximum atomic E-state index is 13.5. The second-order valence-corrected chi connectivity index (χ2v) is 8.63. The predicted molar refractivity (Wildman–Crippen MR) is 110 cm³/mol. The first-order chi connectivity index (χ1) is 14.2. The molecule has 4 aromatic rings. The zero-order valence-corrected chi connectivity index (χ0v) is 16.9. The number of benzene rings is 1. The Balaban J connectivity index is 1.33. The van der Waals surface area contributed by atoms with E-state index >= 15 is 0 Å². The molecule has 29 heavy (non-hydrogen) atoms. The number of aromatic nitrogens is 5. The molecule has 4 heterocycles. The van der Waals surface area contributed by atoms with E-state index in [1.807, 2.05) is 23.7 Å². The van der Waals surface area contributed by atoms with E-state index in [0.29, 0.717) is 11.7 Å². The van der Waals surface area contributed by atoms with Gasteiger partial charge in [-0.3, -0.25) is 4.90 Å². The highest BCUT2D eigenvalue weighted by Gasteiger charge is 2.25. The average Bonchev–Trinajstić information content (AvgIpc) is 3.37. The van der Waals surface area contributed by atoms with Crippen LogP contribution in [0.15, 0.2) is 42.9 Å². The normalized spacial score (nSPS) is 17.8. The number of piperidine rings is 1. The van der Waals surface area contributed by atoms with Crippen molar-refractivity contribution in [3.8, 4) is 10.6 Å². The fourth-order valence-corrected chi connectivity index (χ4v) is 5.00. The molecule has 0 N–H and O–H groups in total. The van der Waals surface area contributed by atoms with Gasteiger partial charge in [0.1, 0.15) is 17.2 Å². The molecule has 0 aliphatic carbocycles. The van der Waals surface area contributed by atoms with E-state index < -0.39 is 0 Å². The minimum atomic E-state index is -0.231. The minimum Gasteiger partial charge on any atom is -0.298 e. The van der Waals surface area contributed by atoms with Crippen molar-refractivity contribution in [1.82, 2.24) is 29.5 Å². The van der Waals surface area contributed by atoms with Crippen LogP contribution in [-0.2, 0) is 6.54 Å². The van der Waals surface area contributed by atoms with Gasteiger partial charge in [0.15, 0.2) is 0 Å². The van der Waals surface area contributed by atoms with Crippen molar-refractivity contribution in [2.24, 2.45) is 0 Å². The van der Waals surface area contributed by atoms with Gasteiger partial charge in [-0.2, -0.15) is 10.1 Å². The van der Waals surface area contributed by atoms with E-state index in [2.05, 4.69) is 31.0 Å². The Kier molecular flexibility index (Phi) is 4.81. The number of nitrogens with zero attached hydrogens (tertiary/aromatic N) is 6. The van der Waals surface area contributed by atoms with Crippen molar-refractivity contribution in [3.05, 3.63) is 64.9 Å². The summed E-state index contributed by atoms with van der Waals surface area (Å²) in [5.74, 6) is 0.828. The van der Waals surface area contributed by atoms with Gasteiger partial charge in [0.25, 0.3) is 5.78 Å². The topological polar surface area (TPSA) is 59.2 Å². The highest BCUT2D eigenvalue weighted by molar-refractivity contribution is 7.15. The number of fused-ring (bicyclic) bond motifs is 1. The molecule has 1 saturated heterocycles. The number of hydrogen-bond donors (Lipinski definition) is 0. The van der Waals surface area contributed by atoms with Crippen LogP contribution < -0.4 is 0 Å². The van der Waals surface area contributed by atoms with Gasteiger partial charge in [-0.25, -0.2) is 18.9 Å². The molecule has 6 nitrogen and oxygen atoms in total. The highest BCUT2D eigenvalue weighted by Crippen LogP contribution is 2.30. The standard InChI is InChI=1S/C21H21FN6S/c1-14-8-19(28-21(26-14)24-13-25-28)16-5-3-7-27(11-16)12-18-10-23-20(29-18)15-4-2-6-17(22)9-15/h2,4,6,8-10,13,16H,3,5,7,11-12H2,1H3. The van der Waals surface area contributed by atoms with Crippen LogP contribution in [0.3, 0.4) is 0 Å². The fourth-order valence-electron chi connectivity index (χ4n) is 4.05. The van der Waals surface area contributed by atoms with E-state index in [1.165, 1.54) is 22.7 Å². The smallest absolute Gasteiger partial charge is 0.252 e. The Bertz CT molecular complexity index is 1150. The maximum absolute atomic E-state index is 13.5. The van der Waals surface area contributed by atoms with Crippen molar-refractivity contribution in [2.75, 3.05) is 13.1 Å². The van der Waals surface area contributed by atoms with E-state index in [0.717, 1.165) is 48.7 Å². The lowest BCUT2D eigenvalue weighted by atomic mass is 9.94. The van der Waals surface area contributed by atoms with Crippen LogP contribution >= 0.6 is 11.3 Å². The Hall–Kier alpha value is -2.71. The molecule has 1 unspecified atom stereocenters. The summed E-state index contributed by atoms with van der Waals surface area (Å²) in [5, 5.41) is 5.24. The average molecular weight is 409 g/mol. The molecule has 148 valence electrons. The van der Waals surface area contributed by atoms with Crippen molar-refractivity contribution < 1.29 is 4.39 Å². The molecule has 3 aromatic heterocycles. The molecule has 5 rings (SSSR count). The summed E-state index contributed by atoms with van der Waals surface area (Å²) in [7, 11) is 0. The van der Waals surface area contributed by atoms with Gasteiger partial charge in [-0.1, -0.05) is 12.1 Å². The SMILES string of the molecule is Cc1cc(C2CCCN(Cc3cnc(-c4cccc(F)c4)s3)C2)n2ncnc2n1. The number of halogens is 1. The third-order valence-corrected chi connectivity index (χ3v) is 6.37. The van der Waals surface area contributed by atoms with Crippen molar-refractivity contribution in [3.63, 3.8) is 0 Å². The van der Waals surface area contributed by atoms with Crippen molar-refractivity contribution >= 4 is 17.1 Å². The lowest BCUT2D eigenvalue weighted by molar-refractivity contribution is 0.199. The molecule has 0 spiro atoms.